The average molecular weight is 287 g/mol. The molecule has 1 aromatic carbocycles. The highest BCUT2D eigenvalue weighted by Crippen LogP contribution is 2.36. The molecule has 3 rings (SSSR count). The van der Waals surface area contributed by atoms with Crippen LogP contribution in [0.15, 0.2) is 28.8 Å². The second kappa shape index (κ2) is 6.26. The lowest BCUT2D eigenvalue weighted by Crippen LogP contribution is -2.19. The number of anilines is 1. The van der Waals surface area contributed by atoms with Gasteiger partial charge in [-0.1, -0.05) is 30.5 Å². The second-order valence-corrected chi connectivity index (χ2v) is 5.64. The lowest BCUT2D eigenvalue weighted by Gasteiger charge is -2.26. The summed E-state index contributed by atoms with van der Waals surface area (Å²) in [6.45, 7) is 0. The van der Waals surface area contributed by atoms with Gasteiger partial charge in [0.15, 0.2) is 0 Å². The number of aromatic nitrogens is 2. The molecule has 0 amide bonds. The quantitative estimate of drug-likeness (QED) is 0.870. The molecule has 21 heavy (non-hydrogen) atoms. The third-order valence-electron chi connectivity index (χ3n) is 4.16. The molecule has 2 aromatic rings. The maximum atomic E-state index is 5.79. The fourth-order valence-electron chi connectivity index (χ4n) is 3.08. The van der Waals surface area contributed by atoms with Crippen molar-refractivity contribution in [3.8, 4) is 11.5 Å². The number of rotatable bonds is 4. The zero-order valence-corrected chi connectivity index (χ0v) is 12.3. The lowest BCUT2D eigenvalue weighted by molar-refractivity contribution is 0.0274. The molecule has 0 saturated heterocycles. The van der Waals surface area contributed by atoms with Crippen LogP contribution in [0.1, 0.15) is 44.0 Å². The van der Waals surface area contributed by atoms with E-state index < -0.39 is 0 Å². The first-order chi connectivity index (χ1) is 10.3. The van der Waals surface area contributed by atoms with E-state index in [4.69, 9.17) is 15.0 Å². The van der Waals surface area contributed by atoms with Crippen LogP contribution in [-0.4, -0.2) is 17.3 Å². The highest BCUT2D eigenvalue weighted by molar-refractivity contribution is 5.59. The van der Waals surface area contributed by atoms with E-state index >= 15 is 0 Å². The van der Waals surface area contributed by atoms with E-state index in [1.54, 1.807) is 7.11 Å². The van der Waals surface area contributed by atoms with Crippen molar-refractivity contribution in [2.75, 3.05) is 12.8 Å². The van der Waals surface area contributed by atoms with Gasteiger partial charge in [-0.3, -0.25) is 0 Å². The highest BCUT2D eigenvalue weighted by atomic mass is 16.5. The SMILES string of the molecule is COC(c1noc(-c2cccc(N)c2)n1)C1CCCCC1. The Morgan fingerprint density at radius 3 is 2.81 bits per heavy atom. The predicted molar refractivity (Wildman–Crippen MR) is 80.5 cm³/mol. The maximum absolute atomic E-state index is 5.79. The largest absolute Gasteiger partial charge is 0.399 e. The van der Waals surface area contributed by atoms with Gasteiger partial charge in [-0.25, -0.2) is 0 Å². The number of benzene rings is 1. The molecule has 0 radical (unpaired) electrons. The van der Waals surface area contributed by atoms with Crippen molar-refractivity contribution in [2.24, 2.45) is 5.92 Å². The summed E-state index contributed by atoms with van der Waals surface area (Å²) in [6.07, 6.45) is 6.08. The van der Waals surface area contributed by atoms with E-state index in [1.165, 1.54) is 32.1 Å². The zero-order valence-electron chi connectivity index (χ0n) is 12.3. The monoisotopic (exact) mass is 287 g/mol. The third kappa shape index (κ3) is 3.08. The topological polar surface area (TPSA) is 74.2 Å². The molecule has 1 saturated carbocycles. The molecule has 1 aliphatic carbocycles. The van der Waals surface area contributed by atoms with Crippen molar-refractivity contribution >= 4 is 5.69 Å². The molecule has 1 unspecified atom stereocenters. The Balaban J connectivity index is 1.82. The number of hydrogen-bond acceptors (Lipinski definition) is 5. The van der Waals surface area contributed by atoms with Gasteiger partial charge in [0.25, 0.3) is 5.89 Å². The molecule has 5 nitrogen and oxygen atoms in total. The molecule has 1 aromatic heterocycles. The summed E-state index contributed by atoms with van der Waals surface area (Å²) >= 11 is 0. The highest BCUT2D eigenvalue weighted by Gasteiger charge is 2.29. The molecule has 2 N–H and O–H groups in total. The molecule has 1 fully saturated rings. The van der Waals surface area contributed by atoms with Gasteiger partial charge in [0.05, 0.1) is 0 Å². The van der Waals surface area contributed by atoms with Gasteiger partial charge in [-0.05, 0) is 37.0 Å². The zero-order chi connectivity index (χ0) is 14.7. The van der Waals surface area contributed by atoms with Crippen LogP contribution < -0.4 is 5.73 Å². The van der Waals surface area contributed by atoms with E-state index in [1.807, 2.05) is 24.3 Å². The normalized spacial score (nSPS) is 17.8. The molecule has 112 valence electrons. The van der Waals surface area contributed by atoms with Gasteiger partial charge in [0.1, 0.15) is 6.10 Å². The number of nitrogen functional groups attached to an aromatic ring is 1. The number of ether oxygens (including phenoxy) is 1. The van der Waals surface area contributed by atoms with Crippen LogP contribution in [0.25, 0.3) is 11.5 Å². The lowest BCUT2D eigenvalue weighted by atomic mass is 9.85. The fraction of sp³-hybridized carbons (Fsp3) is 0.500. The van der Waals surface area contributed by atoms with E-state index in [0.29, 0.717) is 23.3 Å². The minimum absolute atomic E-state index is 0.0798. The summed E-state index contributed by atoms with van der Waals surface area (Å²) in [7, 11) is 1.72. The van der Waals surface area contributed by atoms with Gasteiger partial charge in [-0.2, -0.15) is 4.98 Å². The molecule has 0 aliphatic heterocycles. The standard InChI is InChI=1S/C16H21N3O2/c1-20-14(11-6-3-2-4-7-11)15-18-16(21-19-15)12-8-5-9-13(17)10-12/h5,8-11,14H,2-4,6-7,17H2,1H3. The van der Waals surface area contributed by atoms with Crippen LogP contribution >= 0.6 is 0 Å². The minimum Gasteiger partial charge on any atom is -0.399 e. The van der Waals surface area contributed by atoms with E-state index in [9.17, 15) is 0 Å². The summed E-state index contributed by atoms with van der Waals surface area (Å²) in [5.41, 5.74) is 7.31. The number of nitrogens with zero attached hydrogens (tertiary/aromatic N) is 2. The van der Waals surface area contributed by atoms with Crippen LogP contribution in [-0.2, 0) is 4.74 Å². The smallest absolute Gasteiger partial charge is 0.258 e. The van der Waals surface area contributed by atoms with Crippen LogP contribution in [0, 0.1) is 5.92 Å². The number of nitrogens with two attached hydrogens (primary N) is 1. The van der Waals surface area contributed by atoms with Gasteiger partial charge in [-0.15, -0.1) is 0 Å². The molecule has 1 aliphatic rings. The van der Waals surface area contributed by atoms with Crippen molar-refractivity contribution in [1.29, 1.82) is 0 Å². The van der Waals surface area contributed by atoms with Gasteiger partial charge in [0, 0.05) is 18.4 Å². The Labute approximate surface area is 124 Å². The van der Waals surface area contributed by atoms with Crippen LogP contribution in [0.2, 0.25) is 0 Å². The van der Waals surface area contributed by atoms with Crippen molar-refractivity contribution in [1.82, 2.24) is 10.1 Å². The Kier molecular flexibility index (Phi) is 4.20. The van der Waals surface area contributed by atoms with E-state index in [2.05, 4.69) is 10.1 Å². The van der Waals surface area contributed by atoms with Crippen LogP contribution in [0.3, 0.4) is 0 Å². The van der Waals surface area contributed by atoms with Gasteiger partial charge >= 0.3 is 0 Å². The number of methoxy groups -OCH3 is 1. The van der Waals surface area contributed by atoms with Crippen molar-refractivity contribution in [3.05, 3.63) is 30.1 Å². The van der Waals surface area contributed by atoms with E-state index in [-0.39, 0.29) is 6.10 Å². The first-order valence-corrected chi connectivity index (χ1v) is 7.50. The summed E-state index contributed by atoms with van der Waals surface area (Å²) in [5, 5.41) is 4.12. The number of hydrogen-bond donors (Lipinski definition) is 1. The molecular weight excluding hydrogens is 266 g/mol. The molecule has 5 heteroatoms. The van der Waals surface area contributed by atoms with Gasteiger partial charge < -0.3 is 15.0 Å². The van der Waals surface area contributed by atoms with Crippen LogP contribution in [0.4, 0.5) is 5.69 Å². The minimum atomic E-state index is -0.0798. The Hall–Kier alpha value is -1.88. The van der Waals surface area contributed by atoms with Crippen molar-refractivity contribution in [2.45, 2.75) is 38.2 Å². The van der Waals surface area contributed by atoms with Crippen molar-refractivity contribution in [3.63, 3.8) is 0 Å². The van der Waals surface area contributed by atoms with Gasteiger partial charge in [0.2, 0.25) is 5.82 Å². The summed E-state index contributed by atoms with van der Waals surface area (Å²) < 4.78 is 11.0. The maximum Gasteiger partial charge on any atom is 0.258 e. The first-order valence-electron chi connectivity index (χ1n) is 7.50. The third-order valence-corrected chi connectivity index (χ3v) is 4.16. The second-order valence-electron chi connectivity index (χ2n) is 5.64. The average Bonchev–Trinajstić information content (AvgIpc) is 2.99. The summed E-state index contributed by atoms with van der Waals surface area (Å²) in [6, 6.07) is 7.46. The fourth-order valence-corrected chi connectivity index (χ4v) is 3.08. The van der Waals surface area contributed by atoms with E-state index in [0.717, 1.165) is 5.56 Å². The molecule has 0 bridgehead atoms. The Morgan fingerprint density at radius 2 is 2.10 bits per heavy atom. The Morgan fingerprint density at radius 1 is 1.29 bits per heavy atom. The molecule has 1 atom stereocenters. The predicted octanol–water partition coefficient (Wildman–Crippen LogP) is 3.59. The Bertz CT molecular complexity index is 591. The van der Waals surface area contributed by atoms with Crippen LogP contribution in [0.5, 0.6) is 0 Å². The summed E-state index contributed by atoms with van der Waals surface area (Å²) in [4.78, 5) is 4.51. The molecular formula is C16H21N3O2. The molecule has 1 heterocycles. The molecule has 0 spiro atoms. The van der Waals surface area contributed by atoms with Crippen molar-refractivity contribution < 1.29 is 9.26 Å². The summed E-state index contributed by atoms with van der Waals surface area (Å²) in [5.74, 6) is 1.62. The first kappa shape index (κ1) is 14.1.